The molecule has 0 bridgehead atoms. The topological polar surface area (TPSA) is 20.2 Å². The van der Waals surface area contributed by atoms with Crippen molar-refractivity contribution < 1.29 is 5.11 Å². The Balaban J connectivity index is -0.0000000800. The molecule has 0 heterocycles. The van der Waals surface area contributed by atoms with Crippen molar-refractivity contribution in [2.75, 3.05) is 6.61 Å². The molecule has 0 fully saturated rings. The van der Waals surface area contributed by atoms with Crippen LogP contribution < -0.4 is 0 Å². The number of unbranched alkanes of at least 4 members (excludes halogenated alkanes) is 1. The third kappa shape index (κ3) is 18.4. The molecule has 0 aliphatic rings. The predicted octanol–water partition coefficient (Wildman–Crippen LogP) is 0.213. The molecule has 1 nitrogen and oxygen atoms in total. The van der Waals surface area contributed by atoms with Gasteiger partial charge in [-0.15, -0.1) is 24.0 Å². The Hall–Kier alpha value is 1.57. The van der Waals surface area contributed by atoms with Crippen LogP contribution in [0.25, 0.3) is 0 Å². The first-order valence-electron chi connectivity index (χ1n) is 2.02. The molecule has 0 saturated carbocycles. The summed E-state index contributed by atoms with van der Waals surface area (Å²) in [5.74, 6) is 0. The quantitative estimate of drug-likeness (QED) is 0.507. The van der Waals surface area contributed by atoms with Crippen LogP contribution in [0.5, 0.6) is 0 Å². The standard InChI is InChI=1S/C4H10O.Bi.HI.3H/c1-2-3-4-5;;;;;/h5H,2-4H2,1H3;;1H;;;. The average molecular weight is 414 g/mol. The molecule has 0 amide bonds. The van der Waals surface area contributed by atoms with Crippen molar-refractivity contribution in [1.29, 1.82) is 0 Å². The molecule has 0 saturated heterocycles. The molecule has 0 aromatic carbocycles. The predicted molar refractivity (Wildman–Crippen MR) is 47.3 cm³/mol. The molecule has 1 N–H and O–H groups in total. The minimum atomic E-state index is 0. The summed E-state index contributed by atoms with van der Waals surface area (Å²) in [6.45, 7) is 2.40. The molecular weight excluding hydrogens is 400 g/mol. The molecule has 7 heavy (non-hydrogen) atoms. The van der Waals surface area contributed by atoms with Gasteiger partial charge < -0.3 is 5.11 Å². The number of aliphatic hydroxyl groups excluding tert-OH is 1. The first kappa shape index (κ1) is 15.8. The van der Waals surface area contributed by atoms with E-state index in [4.69, 9.17) is 5.11 Å². The molecule has 0 atom stereocenters. The molecule has 0 unspecified atom stereocenters. The van der Waals surface area contributed by atoms with E-state index >= 15 is 0 Å². The molecule has 0 aromatic rings. The van der Waals surface area contributed by atoms with Crippen LogP contribution in [0.2, 0.25) is 0 Å². The van der Waals surface area contributed by atoms with Gasteiger partial charge >= 0.3 is 26.2 Å². The maximum atomic E-state index is 8.07. The van der Waals surface area contributed by atoms with E-state index in [1.54, 1.807) is 0 Å². The molecule has 0 radical (unpaired) electrons. The van der Waals surface area contributed by atoms with Crippen molar-refractivity contribution >= 4 is 50.2 Å². The summed E-state index contributed by atoms with van der Waals surface area (Å²) >= 11 is 0. The van der Waals surface area contributed by atoms with Crippen molar-refractivity contribution in [3.05, 3.63) is 0 Å². The Kier molecular flexibility index (Phi) is 35.4. The summed E-state index contributed by atoms with van der Waals surface area (Å²) in [5, 5.41) is 8.07. The minimum absolute atomic E-state index is 0. The fourth-order valence-corrected chi connectivity index (χ4v) is 0.158. The van der Waals surface area contributed by atoms with Crippen molar-refractivity contribution in [2.45, 2.75) is 19.8 Å². The fourth-order valence-electron chi connectivity index (χ4n) is 0.158. The van der Waals surface area contributed by atoms with Crippen LogP contribution >= 0.6 is 24.0 Å². The number of hydrogen-bond acceptors (Lipinski definition) is 1. The van der Waals surface area contributed by atoms with Gasteiger partial charge in [-0.1, -0.05) is 13.3 Å². The zero-order valence-electron chi connectivity index (χ0n) is 4.68. The van der Waals surface area contributed by atoms with Gasteiger partial charge in [0.2, 0.25) is 0 Å². The second-order valence-electron chi connectivity index (χ2n) is 1.08. The summed E-state index contributed by atoms with van der Waals surface area (Å²) in [4.78, 5) is 0. The van der Waals surface area contributed by atoms with Crippen LogP contribution in [0.15, 0.2) is 0 Å². The number of hydrogen-bond donors (Lipinski definition) is 1. The van der Waals surface area contributed by atoms with E-state index in [2.05, 4.69) is 6.92 Å². The van der Waals surface area contributed by atoms with E-state index in [0.717, 1.165) is 12.8 Å². The normalized spacial score (nSPS) is 6.00. The van der Waals surface area contributed by atoms with E-state index in [1.807, 2.05) is 0 Å². The fraction of sp³-hybridized carbons (Fsp3) is 1.00. The van der Waals surface area contributed by atoms with E-state index in [-0.39, 0.29) is 50.2 Å². The summed E-state index contributed by atoms with van der Waals surface area (Å²) in [6.07, 6.45) is 2.04. The van der Waals surface area contributed by atoms with Crippen LogP contribution in [-0.2, 0) is 0 Å². The third-order valence-electron chi connectivity index (χ3n) is 0.512. The van der Waals surface area contributed by atoms with Gasteiger partial charge in [0.05, 0.1) is 0 Å². The van der Waals surface area contributed by atoms with E-state index in [9.17, 15) is 0 Å². The number of rotatable bonds is 2. The Morgan fingerprint density at radius 2 is 1.86 bits per heavy atom. The average Bonchev–Trinajstić information content (AvgIpc) is 1.41. The van der Waals surface area contributed by atoms with Crippen molar-refractivity contribution in [3.8, 4) is 0 Å². The van der Waals surface area contributed by atoms with Crippen molar-refractivity contribution in [3.63, 3.8) is 0 Å². The SMILES string of the molecule is CCCCO.I.[BiH3]. The second kappa shape index (κ2) is 15.6. The van der Waals surface area contributed by atoms with Gasteiger partial charge in [-0.2, -0.15) is 0 Å². The molecular formula is C4H14BiIO. The second-order valence-corrected chi connectivity index (χ2v) is 1.08. The molecule has 3 heteroatoms. The molecule has 0 spiro atoms. The van der Waals surface area contributed by atoms with Gasteiger partial charge in [-0.3, -0.25) is 0 Å². The zero-order valence-corrected chi connectivity index (χ0v) is 12.5. The first-order chi connectivity index (χ1) is 2.41. The van der Waals surface area contributed by atoms with Crippen molar-refractivity contribution in [1.82, 2.24) is 0 Å². The van der Waals surface area contributed by atoms with Crippen LogP contribution in [0.4, 0.5) is 0 Å². The molecule has 0 aliphatic heterocycles. The number of halogens is 1. The Morgan fingerprint density at radius 3 is 1.86 bits per heavy atom. The van der Waals surface area contributed by atoms with Crippen LogP contribution in [0.1, 0.15) is 19.8 Å². The van der Waals surface area contributed by atoms with Gasteiger partial charge in [0.1, 0.15) is 0 Å². The Labute approximate surface area is 81.0 Å². The van der Waals surface area contributed by atoms with Gasteiger partial charge in [0.15, 0.2) is 0 Å². The van der Waals surface area contributed by atoms with Gasteiger partial charge in [-0.25, -0.2) is 0 Å². The van der Waals surface area contributed by atoms with E-state index < -0.39 is 0 Å². The van der Waals surface area contributed by atoms with Gasteiger partial charge in [0.25, 0.3) is 0 Å². The summed E-state index contributed by atoms with van der Waals surface area (Å²) < 4.78 is 0. The van der Waals surface area contributed by atoms with Gasteiger partial charge in [-0.05, 0) is 6.42 Å². The van der Waals surface area contributed by atoms with Gasteiger partial charge in [0, 0.05) is 6.61 Å². The summed E-state index contributed by atoms with van der Waals surface area (Å²) in [6, 6.07) is 0. The molecule has 0 aromatic heterocycles. The Morgan fingerprint density at radius 1 is 1.43 bits per heavy atom. The van der Waals surface area contributed by atoms with Crippen LogP contribution in [-0.4, -0.2) is 37.9 Å². The van der Waals surface area contributed by atoms with Crippen LogP contribution in [0.3, 0.4) is 0 Å². The molecule has 48 valence electrons. The van der Waals surface area contributed by atoms with Crippen LogP contribution in [0, 0.1) is 0 Å². The number of aliphatic hydroxyl groups is 1. The monoisotopic (exact) mass is 414 g/mol. The van der Waals surface area contributed by atoms with E-state index in [1.165, 1.54) is 0 Å². The summed E-state index contributed by atoms with van der Waals surface area (Å²) in [7, 11) is 0. The third-order valence-corrected chi connectivity index (χ3v) is 0.512. The maximum absolute atomic E-state index is 8.07. The van der Waals surface area contributed by atoms with Crippen molar-refractivity contribution in [2.24, 2.45) is 0 Å². The van der Waals surface area contributed by atoms with E-state index in [0.29, 0.717) is 6.61 Å². The molecule has 0 rings (SSSR count). The summed E-state index contributed by atoms with van der Waals surface area (Å²) in [5.41, 5.74) is 0. The Bertz CT molecular complexity index is 19.2. The molecule has 0 aliphatic carbocycles. The zero-order chi connectivity index (χ0) is 4.12. The first-order valence-corrected chi connectivity index (χ1v) is 2.02.